The van der Waals surface area contributed by atoms with Gasteiger partial charge in [0.05, 0.1) is 0 Å². The summed E-state index contributed by atoms with van der Waals surface area (Å²) in [7, 11) is -1.95. The van der Waals surface area contributed by atoms with Crippen molar-refractivity contribution in [1.29, 1.82) is 0 Å². The molecule has 0 saturated carbocycles. The number of rotatable bonds is 8. The van der Waals surface area contributed by atoms with Crippen LogP contribution >= 0.6 is 0 Å². The molecule has 80 valence electrons. The van der Waals surface area contributed by atoms with E-state index in [0.29, 0.717) is 19.8 Å². The lowest BCUT2D eigenvalue weighted by atomic mass is 10.7. The van der Waals surface area contributed by atoms with E-state index in [0.717, 1.165) is 12.7 Å². The average molecular weight is 206 g/mol. The Morgan fingerprint density at radius 1 is 1.23 bits per heavy atom. The van der Waals surface area contributed by atoms with Gasteiger partial charge in [-0.3, -0.25) is 0 Å². The normalized spacial score (nSPS) is 12.0. The van der Waals surface area contributed by atoms with Crippen molar-refractivity contribution < 1.29 is 8.85 Å². The zero-order valence-corrected chi connectivity index (χ0v) is 9.93. The molecule has 0 saturated heterocycles. The molecule has 3 N–H and O–H groups in total. The lowest BCUT2D eigenvalue weighted by Gasteiger charge is -2.26. The lowest BCUT2D eigenvalue weighted by molar-refractivity contribution is 0.187. The lowest BCUT2D eigenvalue weighted by Crippen LogP contribution is -2.49. The van der Waals surface area contributed by atoms with Crippen molar-refractivity contribution in [1.82, 2.24) is 5.32 Å². The van der Waals surface area contributed by atoms with Gasteiger partial charge in [-0.15, -0.1) is 0 Å². The van der Waals surface area contributed by atoms with Crippen LogP contribution < -0.4 is 11.1 Å². The Kier molecular flexibility index (Phi) is 7.49. The van der Waals surface area contributed by atoms with Gasteiger partial charge in [0.15, 0.2) is 0 Å². The second kappa shape index (κ2) is 7.46. The fourth-order valence-corrected chi connectivity index (χ4v) is 3.31. The molecule has 0 heterocycles. The predicted molar refractivity (Wildman–Crippen MR) is 56.8 cm³/mol. The molecule has 0 aromatic heterocycles. The monoisotopic (exact) mass is 206 g/mol. The minimum absolute atomic E-state index is 0.655. The van der Waals surface area contributed by atoms with Crippen molar-refractivity contribution in [3.05, 3.63) is 0 Å². The van der Waals surface area contributed by atoms with Crippen LogP contribution in [0.5, 0.6) is 0 Å². The molecule has 0 aliphatic rings. The van der Waals surface area contributed by atoms with Gasteiger partial charge in [-0.05, 0) is 20.4 Å². The van der Waals surface area contributed by atoms with E-state index in [1.165, 1.54) is 0 Å². The van der Waals surface area contributed by atoms with E-state index < -0.39 is 8.56 Å². The van der Waals surface area contributed by atoms with E-state index >= 15 is 0 Å². The van der Waals surface area contributed by atoms with Crippen LogP contribution in [0.25, 0.3) is 0 Å². The second-order valence-corrected chi connectivity index (χ2v) is 6.16. The standard InChI is InChI=1S/C8H22N2O2Si/c1-4-11-13(3,12-5-2)8-10-7-6-9/h10H,4-9H2,1-3H3. The Bertz CT molecular complexity index is 119. The fourth-order valence-electron chi connectivity index (χ4n) is 1.17. The third-order valence-corrected chi connectivity index (χ3v) is 4.36. The van der Waals surface area contributed by atoms with Crippen molar-refractivity contribution >= 4 is 8.56 Å². The Balaban J connectivity index is 3.76. The molecule has 0 spiro atoms. The first kappa shape index (κ1) is 13.1. The van der Waals surface area contributed by atoms with Gasteiger partial charge in [-0.25, -0.2) is 0 Å². The summed E-state index contributed by atoms with van der Waals surface area (Å²) >= 11 is 0. The number of nitrogens with one attached hydrogen (secondary N) is 1. The second-order valence-electron chi connectivity index (χ2n) is 2.97. The third-order valence-electron chi connectivity index (χ3n) is 1.67. The van der Waals surface area contributed by atoms with Crippen LogP contribution in [-0.2, 0) is 8.85 Å². The quantitative estimate of drug-likeness (QED) is 0.441. The molecule has 0 aliphatic carbocycles. The number of hydrogen-bond donors (Lipinski definition) is 2. The fraction of sp³-hybridized carbons (Fsp3) is 1.00. The molecular weight excluding hydrogens is 184 g/mol. The van der Waals surface area contributed by atoms with Crippen molar-refractivity contribution in [2.75, 3.05) is 32.5 Å². The molecule has 0 rings (SSSR count). The summed E-state index contributed by atoms with van der Waals surface area (Å²) in [5.41, 5.74) is 5.38. The van der Waals surface area contributed by atoms with Crippen LogP contribution in [0, 0.1) is 0 Å². The minimum atomic E-state index is -1.95. The molecule has 0 unspecified atom stereocenters. The molecule has 0 bridgehead atoms. The molecule has 4 nitrogen and oxygen atoms in total. The van der Waals surface area contributed by atoms with Crippen molar-refractivity contribution in [3.8, 4) is 0 Å². The first-order valence-corrected chi connectivity index (χ1v) is 7.39. The molecule has 0 aromatic rings. The van der Waals surface area contributed by atoms with Gasteiger partial charge in [-0.1, -0.05) is 0 Å². The zero-order chi connectivity index (χ0) is 10.2. The molecule has 0 amide bonds. The Morgan fingerprint density at radius 2 is 1.77 bits per heavy atom. The van der Waals surface area contributed by atoms with Gasteiger partial charge in [0.1, 0.15) is 0 Å². The molecule has 13 heavy (non-hydrogen) atoms. The van der Waals surface area contributed by atoms with Gasteiger partial charge in [0.2, 0.25) is 0 Å². The highest BCUT2D eigenvalue weighted by Crippen LogP contribution is 2.05. The molecule has 0 aromatic carbocycles. The predicted octanol–water partition coefficient (Wildman–Crippen LogP) is 0.219. The summed E-state index contributed by atoms with van der Waals surface area (Å²) in [5, 5.41) is 3.23. The third kappa shape index (κ3) is 6.17. The maximum Gasteiger partial charge on any atom is 0.349 e. The highest BCUT2D eigenvalue weighted by Gasteiger charge is 2.29. The van der Waals surface area contributed by atoms with Crippen LogP contribution in [0.15, 0.2) is 0 Å². The Labute approximate surface area is 82.0 Å². The molecular formula is C8H22N2O2Si. The van der Waals surface area contributed by atoms with E-state index in [1.807, 2.05) is 13.8 Å². The summed E-state index contributed by atoms with van der Waals surface area (Å²) in [6.45, 7) is 8.97. The molecule has 0 aliphatic heterocycles. The molecule has 0 radical (unpaired) electrons. The number of hydrogen-bond acceptors (Lipinski definition) is 4. The highest BCUT2D eigenvalue weighted by atomic mass is 28.4. The first-order valence-electron chi connectivity index (χ1n) is 4.87. The van der Waals surface area contributed by atoms with Gasteiger partial charge in [0, 0.05) is 32.5 Å². The van der Waals surface area contributed by atoms with Gasteiger partial charge < -0.3 is 19.9 Å². The van der Waals surface area contributed by atoms with Gasteiger partial charge in [-0.2, -0.15) is 0 Å². The molecule has 0 fully saturated rings. The number of nitrogens with two attached hydrogens (primary N) is 1. The first-order chi connectivity index (χ1) is 6.18. The van der Waals surface area contributed by atoms with E-state index in [2.05, 4.69) is 11.9 Å². The summed E-state index contributed by atoms with van der Waals surface area (Å²) < 4.78 is 11.3. The Hall–Kier alpha value is 0.0569. The molecule has 0 atom stereocenters. The van der Waals surface area contributed by atoms with Crippen molar-refractivity contribution in [2.45, 2.75) is 20.4 Å². The van der Waals surface area contributed by atoms with Gasteiger partial charge >= 0.3 is 8.56 Å². The van der Waals surface area contributed by atoms with Crippen LogP contribution in [0.1, 0.15) is 13.8 Å². The van der Waals surface area contributed by atoms with Crippen LogP contribution in [0.2, 0.25) is 6.55 Å². The van der Waals surface area contributed by atoms with Crippen molar-refractivity contribution in [2.24, 2.45) is 5.73 Å². The molecule has 5 heteroatoms. The van der Waals surface area contributed by atoms with E-state index in [1.54, 1.807) is 0 Å². The van der Waals surface area contributed by atoms with Crippen molar-refractivity contribution in [3.63, 3.8) is 0 Å². The Morgan fingerprint density at radius 3 is 2.15 bits per heavy atom. The topological polar surface area (TPSA) is 56.5 Å². The summed E-state index contributed by atoms with van der Waals surface area (Å²) in [6, 6.07) is 0. The highest BCUT2D eigenvalue weighted by molar-refractivity contribution is 6.66. The van der Waals surface area contributed by atoms with E-state index in [4.69, 9.17) is 14.6 Å². The summed E-state index contributed by atoms with van der Waals surface area (Å²) in [4.78, 5) is 0. The largest absolute Gasteiger partial charge is 0.394 e. The van der Waals surface area contributed by atoms with E-state index in [9.17, 15) is 0 Å². The minimum Gasteiger partial charge on any atom is -0.394 e. The van der Waals surface area contributed by atoms with Crippen LogP contribution in [0.4, 0.5) is 0 Å². The maximum atomic E-state index is 5.63. The maximum absolute atomic E-state index is 5.63. The van der Waals surface area contributed by atoms with Crippen LogP contribution in [0.3, 0.4) is 0 Å². The summed E-state index contributed by atoms with van der Waals surface area (Å²) in [5.74, 6) is 0. The smallest absolute Gasteiger partial charge is 0.349 e. The van der Waals surface area contributed by atoms with Crippen LogP contribution in [-0.4, -0.2) is 41.0 Å². The average Bonchev–Trinajstić information content (AvgIpc) is 2.05. The van der Waals surface area contributed by atoms with Gasteiger partial charge in [0.25, 0.3) is 0 Å². The summed E-state index contributed by atoms with van der Waals surface area (Å²) in [6.07, 6.45) is 0.811. The zero-order valence-electron chi connectivity index (χ0n) is 8.93. The SMILES string of the molecule is CCO[Si](C)(CNCCN)OCC. The van der Waals surface area contributed by atoms with E-state index in [-0.39, 0.29) is 0 Å².